The quantitative estimate of drug-likeness (QED) is 0.565. The Morgan fingerprint density at radius 1 is 1.07 bits per heavy atom. The van der Waals surface area contributed by atoms with E-state index < -0.39 is 11.9 Å². The third kappa shape index (κ3) is 4.85. The number of carbonyl (C=O) groups excluding carboxylic acids is 2. The van der Waals surface area contributed by atoms with Gasteiger partial charge < -0.3 is 5.32 Å². The second-order valence-corrected chi connectivity index (χ2v) is 7.83. The van der Waals surface area contributed by atoms with Crippen LogP contribution in [-0.2, 0) is 11.3 Å². The summed E-state index contributed by atoms with van der Waals surface area (Å²) < 4.78 is 16.1. The number of nitrogens with zero attached hydrogens (tertiary/aromatic N) is 3. The largest absolute Gasteiger partial charge is 0.334 e. The maximum Gasteiger partial charge on any atom is 0.321 e. The zero-order chi connectivity index (χ0) is 20.9. The maximum atomic E-state index is 14.2. The highest BCUT2D eigenvalue weighted by molar-refractivity contribution is 7.99. The zero-order valence-electron chi connectivity index (χ0n) is 16.0. The number of carbonyl (C=O) groups is 2. The van der Waals surface area contributed by atoms with E-state index in [0.717, 1.165) is 18.4 Å². The highest BCUT2D eigenvalue weighted by atomic mass is 32.2. The van der Waals surface area contributed by atoms with E-state index >= 15 is 0 Å². The Kier molecular flexibility index (Phi) is 6.08. The van der Waals surface area contributed by atoms with Crippen LogP contribution >= 0.6 is 11.8 Å². The minimum atomic E-state index is -0.555. The van der Waals surface area contributed by atoms with Gasteiger partial charge in [0.25, 0.3) is 0 Å². The van der Waals surface area contributed by atoms with Crippen LogP contribution in [0.1, 0.15) is 24.4 Å². The molecule has 7 nitrogen and oxygen atoms in total. The molecule has 30 heavy (non-hydrogen) atoms. The summed E-state index contributed by atoms with van der Waals surface area (Å²) >= 11 is 1.18. The molecule has 0 radical (unpaired) electrons. The third-order valence-corrected chi connectivity index (χ3v) is 5.52. The first kappa shape index (κ1) is 20.1. The van der Waals surface area contributed by atoms with Crippen LogP contribution in [0.2, 0.25) is 0 Å². The number of nitrogens with one attached hydrogen (secondary N) is 2. The number of aromatic nitrogens is 3. The van der Waals surface area contributed by atoms with Gasteiger partial charge in [0.1, 0.15) is 5.82 Å². The molecule has 0 saturated heterocycles. The molecule has 0 aliphatic heterocycles. The molecule has 154 valence electrons. The molecule has 1 aliphatic carbocycles. The first-order chi connectivity index (χ1) is 14.6. The van der Waals surface area contributed by atoms with Crippen LogP contribution < -0.4 is 10.6 Å². The highest BCUT2D eigenvalue weighted by Crippen LogP contribution is 2.41. The molecule has 0 unspecified atom stereocenters. The number of thioether (sulfide) groups is 1. The zero-order valence-corrected chi connectivity index (χ0v) is 16.9. The molecule has 2 N–H and O–H groups in total. The number of halogens is 1. The molecule has 2 aromatic carbocycles. The van der Waals surface area contributed by atoms with Crippen LogP contribution in [0.15, 0.2) is 59.8 Å². The molecular formula is C21H20FN5O2S. The lowest BCUT2D eigenvalue weighted by molar-refractivity contribution is -0.117. The standard InChI is InChI=1S/C21H20FN5O2S/c22-17-9-5-4-8-16(17)19-25-26-21(27(19)15-10-11-15)30-13-18(28)24-20(29)23-12-14-6-2-1-3-7-14/h1-9,15H,10-13H2,(H2,23,24,28,29). The number of amides is 3. The average molecular weight is 425 g/mol. The number of benzene rings is 2. The number of urea groups is 1. The predicted octanol–water partition coefficient (Wildman–Crippen LogP) is 3.54. The van der Waals surface area contributed by atoms with Gasteiger partial charge in [-0.05, 0) is 30.5 Å². The minimum Gasteiger partial charge on any atom is -0.334 e. The molecule has 1 fully saturated rings. The smallest absolute Gasteiger partial charge is 0.321 e. The van der Waals surface area contributed by atoms with Gasteiger partial charge in [0, 0.05) is 12.6 Å². The number of imide groups is 1. The lowest BCUT2D eigenvalue weighted by atomic mass is 10.2. The average Bonchev–Trinajstić information content (AvgIpc) is 3.51. The van der Waals surface area contributed by atoms with E-state index in [-0.39, 0.29) is 17.6 Å². The Bertz CT molecular complexity index is 1050. The van der Waals surface area contributed by atoms with E-state index in [0.29, 0.717) is 23.1 Å². The Hall–Kier alpha value is -3.20. The molecule has 1 saturated carbocycles. The molecule has 3 amide bonds. The van der Waals surface area contributed by atoms with Crippen LogP contribution in [0, 0.1) is 5.82 Å². The maximum absolute atomic E-state index is 14.2. The van der Waals surface area contributed by atoms with Crippen LogP contribution in [0.4, 0.5) is 9.18 Å². The molecule has 0 spiro atoms. The SMILES string of the molecule is O=C(CSc1nnc(-c2ccccc2F)n1C1CC1)NC(=O)NCc1ccccc1. The van der Waals surface area contributed by atoms with Gasteiger partial charge in [-0.25, -0.2) is 9.18 Å². The molecule has 0 atom stereocenters. The van der Waals surface area contributed by atoms with Crippen molar-refractivity contribution in [2.45, 2.75) is 30.6 Å². The van der Waals surface area contributed by atoms with Crippen molar-refractivity contribution in [3.05, 3.63) is 66.0 Å². The van der Waals surface area contributed by atoms with Crippen LogP contribution in [-0.4, -0.2) is 32.5 Å². The first-order valence-electron chi connectivity index (χ1n) is 9.56. The fraction of sp³-hybridized carbons (Fsp3) is 0.238. The molecule has 4 rings (SSSR count). The summed E-state index contributed by atoms with van der Waals surface area (Å²) in [6, 6.07) is 15.5. The Balaban J connectivity index is 1.35. The normalized spacial score (nSPS) is 13.1. The van der Waals surface area contributed by atoms with Crippen molar-refractivity contribution in [2.75, 3.05) is 5.75 Å². The topological polar surface area (TPSA) is 88.9 Å². The van der Waals surface area contributed by atoms with Crippen molar-refractivity contribution in [2.24, 2.45) is 0 Å². The van der Waals surface area contributed by atoms with Gasteiger partial charge in [-0.3, -0.25) is 14.7 Å². The van der Waals surface area contributed by atoms with Crippen LogP contribution in [0.3, 0.4) is 0 Å². The highest BCUT2D eigenvalue weighted by Gasteiger charge is 2.31. The summed E-state index contributed by atoms with van der Waals surface area (Å²) in [4.78, 5) is 24.1. The second-order valence-electron chi connectivity index (χ2n) is 6.89. The van der Waals surface area contributed by atoms with Crippen molar-refractivity contribution in [1.29, 1.82) is 0 Å². The van der Waals surface area contributed by atoms with Gasteiger partial charge in [0.05, 0.1) is 11.3 Å². The summed E-state index contributed by atoms with van der Waals surface area (Å²) in [6.07, 6.45) is 1.92. The fourth-order valence-corrected chi connectivity index (χ4v) is 3.78. The molecule has 1 aliphatic rings. The van der Waals surface area contributed by atoms with E-state index in [4.69, 9.17) is 0 Å². The van der Waals surface area contributed by atoms with Crippen molar-refractivity contribution < 1.29 is 14.0 Å². The molecule has 9 heteroatoms. The predicted molar refractivity (Wildman–Crippen MR) is 111 cm³/mol. The summed E-state index contributed by atoms with van der Waals surface area (Å²) in [5.41, 5.74) is 1.32. The van der Waals surface area contributed by atoms with E-state index in [9.17, 15) is 14.0 Å². The lowest BCUT2D eigenvalue weighted by Gasteiger charge is -2.09. The molecule has 0 bridgehead atoms. The summed E-state index contributed by atoms with van der Waals surface area (Å²) in [5.74, 6) is -0.348. The van der Waals surface area contributed by atoms with Gasteiger partial charge >= 0.3 is 6.03 Å². The molecular weight excluding hydrogens is 405 g/mol. The lowest BCUT2D eigenvalue weighted by Crippen LogP contribution is -2.40. The fourth-order valence-electron chi connectivity index (χ4n) is 2.98. The number of hydrogen-bond acceptors (Lipinski definition) is 5. The number of rotatable bonds is 7. The first-order valence-corrected chi connectivity index (χ1v) is 10.5. The van der Waals surface area contributed by atoms with Crippen molar-refractivity contribution in [1.82, 2.24) is 25.4 Å². The minimum absolute atomic E-state index is 0.000875. The molecule has 1 aromatic heterocycles. The molecule has 1 heterocycles. The summed E-state index contributed by atoms with van der Waals surface area (Å²) in [6.45, 7) is 0.328. The van der Waals surface area contributed by atoms with E-state index in [1.165, 1.54) is 17.8 Å². The van der Waals surface area contributed by atoms with E-state index in [2.05, 4.69) is 20.8 Å². The Morgan fingerprint density at radius 3 is 2.53 bits per heavy atom. The van der Waals surface area contributed by atoms with Gasteiger partial charge in [-0.1, -0.05) is 54.2 Å². The van der Waals surface area contributed by atoms with Gasteiger partial charge in [-0.15, -0.1) is 10.2 Å². The number of hydrogen-bond donors (Lipinski definition) is 2. The van der Waals surface area contributed by atoms with Crippen molar-refractivity contribution in [3.63, 3.8) is 0 Å². The Morgan fingerprint density at radius 2 is 1.80 bits per heavy atom. The second kappa shape index (κ2) is 9.08. The van der Waals surface area contributed by atoms with Gasteiger partial charge in [0.15, 0.2) is 11.0 Å². The van der Waals surface area contributed by atoms with E-state index in [1.54, 1.807) is 18.2 Å². The summed E-state index contributed by atoms with van der Waals surface area (Å²) in [7, 11) is 0. The Labute approximate surface area is 177 Å². The van der Waals surface area contributed by atoms with Gasteiger partial charge in [-0.2, -0.15) is 0 Å². The summed E-state index contributed by atoms with van der Waals surface area (Å²) in [5, 5.41) is 13.8. The monoisotopic (exact) mass is 425 g/mol. The van der Waals surface area contributed by atoms with E-state index in [1.807, 2.05) is 34.9 Å². The van der Waals surface area contributed by atoms with Gasteiger partial charge in [0.2, 0.25) is 5.91 Å². The third-order valence-electron chi connectivity index (χ3n) is 4.57. The van der Waals surface area contributed by atoms with Crippen molar-refractivity contribution >= 4 is 23.7 Å². The van der Waals surface area contributed by atoms with Crippen LogP contribution in [0.5, 0.6) is 0 Å². The van der Waals surface area contributed by atoms with Crippen LogP contribution in [0.25, 0.3) is 11.4 Å². The van der Waals surface area contributed by atoms with Crippen molar-refractivity contribution in [3.8, 4) is 11.4 Å². The molecule has 3 aromatic rings.